The van der Waals surface area contributed by atoms with Crippen LogP contribution >= 0.6 is 43.2 Å². The fourth-order valence-corrected chi connectivity index (χ4v) is 4.94. The van der Waals surface area contributed by atoms with E-state index in [-0.39, 0.29) is 12.1 Å². The molecule has 2 rings (SSSR count). The van der Waals surface area contributed by atoms with Gasteiger partial charge in [0.25, 0.3) is 0 Å². The van der Waals surface area contributed by atoms with Gasteiger partial charge in [-0.1, -0.05) is 15.9 Å². The highest BCUT2D eigenvalue weighted by Gasteiger charge is 2.22. The predicted molar refractivity (Wildman–Crippen MR) is 86.1 cm³/mol. The predicted octanol–water partition coefficient (Wildman–Crippen LogP) is 3.38. The molecule has 2 aromatic rings. The molecule has 1 aromatic carbocycles. The molecule has 0 aliphatic heterocycles. The molecule has 1 heterocycles. The molecule has 21 heavy (non-hydrogen) atoms. The van der Waals surface area contributed by atoms with Crippen LogP contribution in [0.1, 0.15) is 10.4 Å². The largest absolute Gasteiger partial charge is 0.392 e. The highest BCUT2D eigenvalue weighted by atomic mass is 79.9. The Morgan fingerprint density at radius 2 is 2.00 bits per heavy atom. The van der Waals surface area contributed by atoms with E-state index >= 15 is 0 Å². The van der Waals surface area contributed by atoms with Crippen LogP contribution in [-0.4, -0.2) is 13.5 Å². The summed E-state index contributed by atoms with van der Waals surface area (Å²) in [5.74, 6) is -0.944. The summed E-state index contributed by atoms with van der Waals surface area (Å²) in [5, 5.41) is 9.06. The molecule has 2 N–H and O–H groups in total. The quantitative estimate of drug-likeness (QED) is 0.721. The molecule has 9 heteroatoms. The molecule has 0 amide bonds. The van der Waals surface area contributed by atoms with E-state index in [1.165, 1.54) is 23.5 Å². The molecule has 1 aromatic heterocycles. The summed E-state index contributed by atoms with van der Waals surface area (Å²) in [7, 11) is -4.01. The molecule has 0 atom stereocenters. The number of hydrogen-bond acceptors (Lipinski definition) is 4. The number of nitrogens with one attached hydrogen (secondary N) is 1. The molecule has 0 fully saturated rings. The van der Waals surface area contributed by atoms with Crippen molar-refractivity contribution in [2.24, 2.45) is 0 Å². The van der Waals surface area contributed by atoms with Gasteiger partial charge in [-0.2, -0.15) is 0 Å². The van der Waals surface area contributed by atoms with Gasteiger partial charge in [0.1, 0.15) is 10.7 Å². The van der Waals surface area contributed by atoms with Gasteiger partial charge in [-0.15, -0.1) is 11.3 Å². The Bertz CT molecular complexity index is 762. The number of aliphatic hydroxyl groups excluding tert-OH is 1. The molecular weight excluding hydrogens is 449 g/mol. The summed E-state index contributed by atoms with van der Waals surface area (Å²) in [4.78, 5) is 0.305. The smallest absolute Gasteiger partial charge is 0.243 e. The first-order valence-electron chi connectivity index (χ1n) is 5.66. The average Bonchev–Trinajstić information content (AvgIpc) is 2.84. The van der Waals surface area contributed by atoms with E-state index in [2.05, 4.69) is 36.6 Å². The summed E-state index contributed by atoms with van der Waals surface area (Å²) in [6, 6.07) is 6.08. The number of thiophene rings is 1. The number of rotatable bonds is 5. The molecular formula is C12H10Br2FNO3S2. The number of hydrogen-bond donors (Lipinski definition) is 2. The van der Waals surface area contributed by atoms with Gasteiger partial charge in [-0.05, 0) is 40.2 Å². The van der Waals surface area contributed by atoms with Crippen molar-refractivity contribution in [2.45, 2.75) is 18.0 Å². The zero-order valence-corrected chi connectivity index (χ0v) is 15.2. The van der Waals surface area contributed by atoms with Gasteiger partial charge in [0.2, 0.25) is 10.0 Å². The molecule has 0 radical (unpaired) electrons. The number of aliphatic hydroxyl groups is 1. The zero-order valence-electron chi connectivity index (χ0n) is 10.4. The Hall–Kier alpha value is -0.320. The van der Waals surface area contributed by atoms with E-state index in [1.807, 2.05) is 0 Å². The van der Waals surface area contributed by atoms with E-state index in [9.17, 15) is 12.8 Å². The van der Waals surface area contributed by atoms with E-state index in [4.69, 9.17) is 5.11 Å². The SMILES string of the molecule is O=S(=O)(NCc1ccc(Br)s1)c1cc(Br)cc(CO)c1F. The minimum Gasteiger partial charge on any atom is -0.392 e. The lowest BCUT2D eigenvalue weighted by molar-refractivity contribution is 0.274. The van der Waals surface area contributed by atoms with Crippen LogP contribution in [-0.2, 0) is 23.2 Å². The first-order chi connectivity index (χ1) is 9.83. The molecule has 0 unspecified atom stereocenters. The molecule has 4 nitrogen and oxygen atoms in total. The second-order valence-electron chi connectivity index (χ2n) is 4.07. The van der Waals surface area contributed by atoms with Crippen LogP contribution in [0.5, 0.6) is 0 Å². The van der Waals surface area contributed by atoms with Gasteiger partial charge >= 0.3 is 0 Å². The zero-order chi connectivity index (χ0) is 15.6. The second-order valence-corrected chi connectivity index (χ2v) is 9.26. The Balaban J connectivity index is 2.29. The third-order valence-corrected chi connectivity index (χ3v) is 6.09. The maximum absolute atomic E-state index is 14.1. The van der Waals surface area contributed by atoms with Crippen LogP contribution in [0.4, 0.5) is 4.39 Å². The number of sulfonamides is 1. The maximum Gasteiger partial charge on any atom is 0.243 e. The normalized spacial score (nSPS) is 11.8. The third kappa shape index (κ3) is 4.11. The van der Waals surface area contributed by atoms with Crippen molar-refractivity contribution in [3.8, 4) is 0 Å². The van der Waals surface area contributed by atoms with E-state index < -0.39 is 27.3 Å². The summed E-state index contributed by atoms with van der Waals surface area (Å²) in [6.07, 6.45) is 0. The van der Waals surface area contributed by atoms with Crippen LogP contribution in [0.3, 0.4) is 0 Å². The highest BCUT2D eigenvalue weighted by molar-refractivity contribution is 9.11. The fourth-order valence-electron chi connectivity index (χ4n) is 1.62. The molecule has 0 saturated heterocycles. The minimum absolute atomic E-state index is 0.0685. The third-order valence-electron chi connectivity index (χ3n) is 2.60. The van der Waals surface area contributed by atoms with Gasteiger partial charge in [0, 0.05) is 21.5 Å². The van der Waals surface area contributed by atoms with Crippen molar-refractivity contribution in [3.63, 3.8) is 0 Å². The van der Waals surface area contributed by atoms with Gasteiger partial charge in [0.05, 0.1) is 10.4 Å². The lowest BCUT2D eigenvalue weighted by atomic mass is 10.2. The molecule has 114 valence electrons. The summed E-state index contributed by atoms with van der Waals surface area (Å²) in [6.45, 7) is -0.509. The lowest BCUT2D eigenvalue weighted by Crippen LogP contribution is -2.24. The Morgan fingerprint density at radius 1 is 1.29 bits per heavy atom. The first kappa shape index (κ1) is 17.0. The van der Waals surface area contributed by atoms with Crippen molar-refractivity contribution < 1.29 is 17.9 Å². The van der Waals surface area contributed by atoms with Crippen molar-refractivity contribution in [3.05, 3.63) is 48.8 Å². The molecule has 0 aliphatic carbocycles. The molecule has 0 saturated carbocycles. The van der Waals surface area contributed by atoms with Crippen LogP contribution in [0.25, 0.3) is 0 Å². The minimum atomic E-state index is -4.01. The molecule has 0 spiro atoms. The van der Waals surface area contributed by atoms with Crippen LogP contribution in [0.2, 0.25) is 0 Å². The van der Waals surface area contributed by atoms with Gasteiger partial charge in [-0.25, -0.2) is 17.5 Å². The maximum atomic E-state index is 14.1. The lowest BCUT2D eigenvalue weighted by Gasteiger charge is -2.10. The van der Waals surface area contributed by atoms with Crippen LogP contribution < -0.4 is 4.72 Å². The monoisotopic (exact) mass is 457 g/mol. The Labute approximate surface area is 142 Å². The summed E-state index contributed by atoms with van der Waals surface area (Å²) >= 11 is 7.78. The number of halogens is 3. The van der Waals surface area contributed by atoms with Crippen molar-refractivity contribution in [1.82, 2.24) is 4.72 Å². The molecule has 0 bridgehead atoms. The number of benzene rings is 1. The average molecular weight is 459 g/mol. The van der Waals surface area contributed by atoms with Gasteiger partial charge < -0.3 is 5.11 Å². The van der Waals surface area contributed by atoms with Crippen molar-refractivity contribution >= 4 is 53.2 Å². The summed E-state index contributed by atoms with van der Waals surface area (Å²) < 4.78 is 42.1. The van der Waals surface area contributed by atoms with Crippen molar-refractivity contribution in [1.29, 1.82) is 0 Å². The Kier molecular flexibility index (Phi) is 5.55. The van der Waals surface area contributed by atoms with E-state index in [0.29, 0.717) is 4.47 Å². The Morgan fingerprint density at radius 3 is 2.57 bits per heavy atom. The topological polar surface area (TPSA) is 66.4 Å². The highest BCUT2D eigenvalue weighted by Crippen LogP contribution is 2.25. The van der Waals surface area contributed by atoms with Crippen LogP contribution in [0.15, 0.2) is 37.4 Å². The summed E-state index contributed by atoms with van der Waals surface area (Å²) in [5.41, 5.74) is -0.0800. The first-order valence-corrected chi connectivity index (χ1v) is 9.54. The van der Waals surface area contributed by atoms with Crippen LogP contribution in [0, 0.1) is 5.82 Å². The second kappa shape index (κ2) is 6.84. The van der Waals surface area contributed by atoms with E-state index in [1.54, 1.807) is 12.1 Å². The van der Waals surface area contributed by atoms with Gasteiger partial charge in [0.15, 0.2) is 0 Å². The van der Waals surface area contributed by atoms with Crippen molar-refractivity contribution in [2.75, 3.05) is 0 Å². The fraction of sp³-hybridized carbons (Fsp3) is 0.167. The van der Waals surface area contributed by atoms with Gasteiger partial charge in [-0.3, -0.25) is 0 Å². The van der Waals surface area contributed by atoms with E-state index in [0.717, 1.165) is 8.66 Å². The standard InChI is InChI=1S/C12H10Br2FNO3S2/c13-8-3-7(6-17)12(15)10(4-8)21(18,19)16-5-9-1-2-11(14)20-9/h1-4,16-17H,5-6H2. The molecule has 0 aliphatic rings.